The lowest BCUT2D eigenvalue weighted by Gasteiger charge is -2.26. The molecule has 0 unspecified atom stereocenters. The van der Waals surface area contributed by atoms with Crippen LogP contribution in [-0.4, -0.2) is 18.1 Å². The van der Waals surface area contributed by atoms with Gasteiger partial charge in [-0.15, -0.1) is 11.3 Å². The van der Waals surface area contributed by atoms with Gasteiger partial charge in [0.2, 0.25) is 0 Å². The number of piperidine rings is 1. The predicted molar refractivity (Wildman–Crippen MR) is 69.0 cm³/mol. The fraction of sp³-hybridized carbons (Fsp3) is 0.636. The Morgan fingerprint density at radius 3 is 2.73 bits per heavy atom. The average Bonchev–Trinajstić information content (AvgIpc) is 2.57. The first-order valence-electron chi connectivity index (χ1n) is 5.49. The number of thiophene rings is 1. The zero-order chi connectivity index (χ0) is 10.7. The second-order valence-corrected chi connectivity index (χ2v) is 6.19. The number of nitrogens with one attached hydrogen (secondary N) is 1. The lowest BCUT2D eigenvalue weighted by Crippen LogP contribution is -2.40. The fourth-order valence-electron chi connectivity index (χ4n) is 1.85. The first-order chi connectivity index (χ1) is 7.25. The maximum absolute atomic E-state index is 3.55. The molecule has 0 atom stereocenters. The Morgan fingerprint density at radius 1 is 1.40 bits per heavy atom. The van der Waals surface area contributed by atoms with Gasteiger partial charge in [0.25, 0.3) is 0 Å². The second kappa shape index (κ2) is 5.43. The van der Waals surface area contributed by atoms with Crippen molar-refractivity contribution < 1.29 is 0 Å². The van der Waals surface area contributed by atoms with Gasteiger partial charge in [0.1, 0.15) is 0 Å². The zero-order valence-electron chi connectivity index (χ0n) is 9.05. The number of halogens is 1. The lowest BCUT2D eigenvalue weighted by molar-refractivity contribution is 0.152. The van der Waals surface area contributed by atoms with Crippen LogP contribution in [0.4, 0.5) is 0 Å². The predicted octanol–water partition coefficient (Wildman–Crippen LogP) is 3.31. The van der Waals surface area contributed by atoms with E-state index < -0.39 is 0 Å². The summed E-state index contributed by atoms with van der Waals surface area (Å²) in [6.07, 6.45) is 4.06. The van der Waals surface area contributed by atoms with E-state index in [0.717, 1.165) is 6.54 Å². The lowest BCUT2D eigenvalue weighted by atomic mass is 10.2. The number of hydrogen-bond donors (Lipinski definition) is 1. The third-order valence-electron chi connectivity index (χ3n) is 2.74. The third-order valence-corrected chi connectivity index (χ3v) is 4.88. The Kier molecular flexibility index (Phi) is 4.20. The van der Waals surface area contributed by atoms with Crippen LogP contribution in [0.25, 0.3) is 0 Å². The van der Waals surface area contributed by atoms with Crippen LogP contribution in [0.1, 0.15) is 29.0 Å². The van der Waals surface area contributed by atoms with Gasteiger partial charge in [0, 0.05) is 33.9 Å². The Bertz CT molecular complexity index is 299. The first-order valence-corrected chi connectivity index (χ1v) is 7.10. The van der Waals surface area contributed by atoms with Crippen LogP contribution in [0, 0.1) is 6.92 Å². The molecule has 2 heterocycles. The molecular weight excluding hydrogens is 272 g/mol. The number of rotatable bonds is 3. The van der Waals surface area contributed by atoms with Crippen molar-refractivity contribution in [1.82, 2.24) is 10.4 Å². The summed E-state index contributed by atoms with van der Waals surface area (Å²) >= 11 is 5.42. The smallest absolute Gasteiger partial charge is 0.0448 e. The second-order valence-electron chi connectivity index (χ2n) is 4.00. The van der Waals surface area contributed by atoms with E-state index in [1.807, 2.05) is 11.3 Å². The zero-order valence-corrected chi connectivity index (χ0v) is 11.5. The molecule has 0 bridgehead atoms. The Labute approximate surface area is 104 Å². The Morgan fingerprint density at radius 2 is 2.13 bits per heavy atom. The molecule has 84 valence electrons. The van der Waals surface area contributed by atoms with E-state index in [1.54, 1.807) is 0 Å². The van der Waals surface area contributed by atoms with E-state index in [4.69, 9.17) is 0 Å². The highest BCUT2D eigenvalue weighted by molar-refractivity contribution is 9.10. The molecule has 0 spiro atoms. The van der Waals surface area contributed by atoms with Gasteiger partial charge in [-0.25, -0.2) is 10.4 Å². The molecule has 1 aliphatic rings. The number of nitrogens with zero attached hydrogens (tertiary/aromatic N) is 1. The Hall–Kier alpha value is 0.100. The number of hydrazine groups is 1. The minimum atomic E-state index is 0.969. The van der Waals surface area contributed by atoms with Crippen LogP contribution >= 0.6 is 27.3 Å². The van der Waals surface area contributed by atoms with Gasteiger partial charge >= 0.3 is 0 Å². The molecule has 1 saturated heterocycles. The summed E-state index contributed by atoms with van der Waals surface area (Å²) in [4.78, 5) is 2.77. The van der Waals surface area contributed by atoms with Crippen molar-refractivity contribution in [3.8, 4) is 0 Å². The van der Waals surface area contributed by atoms with Gasteiger partial charge in [-0.1, -0.05) is 6.42 Å². The summed E-state index contributed by atoms with van der Waals surface area (Å²) in [6, 6.07) is 2.22. The standard InChI is InChI=1S/C11H17BrN2S/c1-9-11(12)7-10(15-9)8-13-14-5-3-2-4-6-14/h7,13H,2-6,8H2,1H3. The first kappa shape index (κ1) is 11.6. The van der Waals surface area contributed by atoms with Gasteiger partial charge in [-0.3, -0.25) is 0 Å². The Balaban J connectivity index is 1.81. The average molecular weight is 289 g/mol. The molecule has 0 radical (unpaired) electrons. The maximum atomic E-state index is 3.55. The van der Waals surface area contributed by atoms with Gasteiger partial charge in [0.15, 0.2) is 0 Å². The van der Waals surface area contributed by atoms with Crippen LogP contribution in [0.3, 0.4) is 0 Å². The minimum Gasteiger partial charge on any atom is -0.250 e. The molecule has 1 aliphatic heterocycles. The third kappa shape index (κ3) is 3.28. The van der Waals surface area contributed by atoms with Gasteiger partial charge in [0.05, 0.1) is 0 Å². The van der Waals surface area contributed by atoms with Gasteiger partial charge in [-0.05, 0) is 41.8 Å². The molecule has 4 heteroatoms. The molecular formula is C11H17BrN2S. The molecule has 0 aromatic carbocycles. The molecule has 1 aromatic heterocycles. The van der Waals surface area contributed by atoms with Crippen molar-refractivity contribution in [2.75, 3.05) is 13.1 Å². The number of aryl methyl sites for hydroxylation is 1. The van der Waals surface area contributed by atoms with E-state index in [0.29, 0.717) is 0 Å². The van der Waals surface area contributed by atoms with E-state index >= 15 is 0 Å². The fourth-order valence-corrected chi connectivity index (χ4v) is 3.38. The summed E-state index contributed by atoms with van der Waals surface area (Å²) in [5.41, 5.74) is 3.50. The van der Waals surface area contributed by atoms with Crippen molar-refractivity contribution in [2.24, 2.45) is 0 Å². The van der Waals surface area contributed by atoms with Crippen LogP contribution in [-0.2, 0) is 6.54 Å². The monoisotopic (exact) mass is 288 g/mol. The van der Waals surface area contributed by atoms with E-state index in [2.05, 4.69) is 39.4 Å². The highest BCUT2D eigenvalue weighted by Crippen LogP contribution is 2.26. The highest BCUT2D eigenvalue weighted by Gasteiger charge is 2.10. The van der Waals surface area contributed by atoms with Crippen LogP contribution < -0.4 is 5.43 Å². The molecule has 0 amide bonds. The van der Waals surface area contributed by atoms with Crippen LogP contribution in [0.5, 0.6) is 0 Å². The normalized spacial score (nSPS) is 18.3. The summed E-state index contributed by atoms with van der Waals surface area (Å²) < 4.78 is 1.24. The molecule has 1 aromatic rings. The SMILES string of the molecule is Cc1sc(CNN2CCCCC2)cc1Br. The summed E-state index contributed by atoms with van der Waals surface area (Å²) in [5.74, 6) is 0. The summed E-state index contributed by atoms with van der Waals surface area (Å²) in [7, 11) is 0. The van der Waals surface area contributed by atoms with E-state index in [1.165, 1.54) is 46.6 Å². The molecule has 1 N–H and O–H groups in total. The van der Waals surface area contributed by atoms with Gasteiger partial charge in [-0.2, -0.15) is 0 Å². The molecule has 15 heavy (non-hydrogen) atoms. The maximum Gasteiger partial charge on any atom is 0.0448 e. The molecule has 2 nitrogen and oxygen atoms in total. The van der Waals surface area contributed by atoms with Gasteiger partial charge < -0.3 is 0 Å². The van der Waals surface area contributed by atoms with E-state index in [9.17, 15) is 0 Å². The van der Waals surface area contributed by atoms with Crippen LogP contribution in [0.15, 0.2) is 10.5 Å². The molecule has 1 fully saturated rings. The van der Waals surface area contributed by atoms with Crippen molar-refractivity contribution in [3.63, 3.8) is 0 Å². The summed E-state index contributed by atoms with van der Waals surface area (Å²) in [6.45, 7) is 5.52. The topological polar surface area (TPSA) is 15.3 Å². The van der Waals surface area contributed by atoms with Crippen LogP contribution in [0.2, 0.25) is 0 Å². The molecule has 0 aliphatic carbocycles. The van der Waals surface area contributed by atoms with Crippen molar-refractivity contribution >= 4 is 27.3 Å². The summed E-state index contributed by atoms with van der Waals surface area (Å²) in [5, 5.41) is 2.35. The quantitative estimate of drug-likeness (QED) is 0.918. The van der Waals surface area contributed by atoms with E-state index in [-0.39, 0.29) is 0 Å². The minimum absolute atomic E-state index is 0.969. The highest BCUT2D eigenvalue weighted by atomic mass is 79.9. The molecule has 0 saturated carbocycles. The largest absolute Gasteiger partial charge is 0.250 e. The number of hydrogen-bond acceptors (Lipinski definition) is 3. The van der Waals surface area contributed by atoms with Crippen molar-refractivity contribution in [3.05, 3.63) is 20.3 Å². The molecule has 2 rings (SSSR count). The van der Waals surface area contributed by atoms with Crippen molar-refractivity contribution in [2.45, 2.75) is 32.7 Å². The van der Waals surface area contributed by atoms with Crippen molar-refractivity contribution in [1.29, 1.82) is 0 Å².